The highest BCUT2D eigenvalue weighted by molar-refractivity contribution is 5.88. The molecule has 0 aliphatic rings. The lowest BCUT2D eigenvalue weighted by molar-refractivity contribution is -0.132. The molecule has 2 amide bonds. The Hall–Kier alpha value is -5.19. The van der Waals surface area contributed by atoms with Gasteiger partial charge in [0, 0.05) is 36.9 Å². The van der Waals surface area contributed by atoms with Gasteiger partial charge >= 0.3 is 0 Å². The number of rotatable bonds is 12. The number of aromatic hydroxyl groups is 2. The number of phenols is 2. The number of carbonyl (C=O) groups is 2. The number of aromatic nitrogens is 3. The van der Waals surface area contributed by atoms with E-state index in [4.69, 9.17) is 0 Å². The van der Waals surface area contributed by atoms with Crippen molar-refractivity contribution in [1.82, 2.24) is 19.0 Å². The third kappa shape index (κ3) is 7.37. The molecule has 4 aromatic rings. The summed E-state index contributed by atoms with van der Waals surface area (Å²) < 4.78 is 2.54. The molecule has 2 aromatic carbocycles. The second kappa shape index (κ2) is 14.1. The zero-order chi connectivity index (χ0) is 30.9. The minimum atomic E-state index is -0.597. The Morgan fingerprint density at radius 2 is 1.70 bits per heavy atom. The minimum Gasteiger partial charge on any atom is -0.504 e. The summed E-state index contributed by atoms with van der Waals surface area (Å²) in [5.41, 5.74) is 0.0785. The Bertz CT molecular complexity index is 1710. The van der Waals surface area contributed by atoms with Crippen LogP contribution in [0.4, 0.5) is 5.69 Å². The van der Waals surface area contributed by atoms with Crippen molar-refractivity contribution in [2.45, 2.75) is 52.6 Å². The first-order valence-electron chi connectivity index (χ1n) is 14.1. The molecule has 0 saturated carbocycles. The van der Waals surface area contributed by atoms with Gasteiger partial charge in [0.2, 0.25) is 11.8 Å². The topological polar surface area (TPSA) is 147 Å². The maximum atomic E-state index is 14.0. The lowest BCUT2D eigenvalue weighted by Crippen LogP contribution is -2.38. The number of anilines is 1. The van der Waals surface area contributed by atoms with Gasteiger partial charge in [-0.15, -0.1) is 0 Å². The normalized spacial score (nSPS) is 10.8. The van der Waals surface area contributed by atoms with Crippen LogP contribution < -0.4 is 16.4 Å². The Morgan fingerprint density at radius 1 is 0.953 bits per heavy atom. The monoisotopic (exact) mass is 585 g/mol. The van der Waals surface area contributed by atoms with Crippen LogP contribution in [0.3, 0.4) is 0 Å². The number of unbranched alkanes of at least 4 members (excludes halogenated alkanes) is 3. The SMILES string of the molecule is CCCCCCN(Cc1c(-n2ccccc2=O)ccc(O)c1O)C(=O)Cn1c(-c2ccccc2)ncc(NC(C)=O)c1=O. The molecule has 11 nitrogen and oxygen atoms in total. The van der Waals surface area contributed by atoms with E-state index in [1.54, 1.807) is 36.4 Å². The first-order valence-corrected chi connectivity index (χ1v) is 14.1. The lowest BCUT2D eigenvalue weighted by atomic mass is 10.1. The first kappa shape index (κ1) is 30.8. The number of phenolic OH excluding ortho intramolecular Hbond substituents is 2. The summed E-state index contributed by atoms with van der Waals surface area (Å²) in [7, 11) is 0. The maximum absolute atomic E-state index is 14.0. The number of nitrogens with zero attached hydrogens (tertiary/aromatic N) is 4. The Morgan fingerprint density at radius 3 is 2.40 bits per heavy atom. The lowest BCUT2D eigenvalue weighted by Gasteiger charge is -2.26. The molecule has 0 fully saturated rings. The summed E-state index contributed by atoms with van der Waals surface area (Å²) in [5, 5.41) is 23.7. The van der Waals surface area contributed by atoms with Crippen LogP contribution in [0.1, 0.15) is 45.1 Å². The summed E-state index contributed by atoms with van der Waals surface area (Å²) in [5.74, 6) is -1.50. The van der Waals surface area contributed by atoms with E-state index >= 15 is 0 Å². The Balaban J connectivity index is 1.77. The fourth-order valence-electron chi connectivity index (χ4n) is 4.80. The second-order valence-corrected chi connectivity index (χ2v) is 10.1. The van der Waals surface area contributed by atoms with Crippen molar-refractivity contribution in [2.24, 2.45) is 0 Å². The van der Waals surface area contributed by atoms with Crippen molar-refractivity contribution in [3.05, 3.63) is 99.3 Å². The van der Waals surface area contributed by atoms with Crippen LogP contribution in [0.2, 0.25) is 0 Å². The zero-order valence-electron chi connectivity index (χ0n) is 24.2. The molecular weight excluding hydrogens is 550 g/mol. The van der Waals surface area contributed by atoms with Crippen molar-refractivity contribution < 1.29 is 19.8 Å². The summed E-state index contributed by atoms with van der Waals surface area (Å²) in [4.78, 5) is 57.8. The van der Waals surface area contributed by atoms with Gasteiger partial charge in [0.15, 0.2) is 11.5 Å². The maximum Gasteiger partial charge on any atom is 0.278 e. The van der Waals surface area contributed by atoms with Crippen molar-refractivity contribution >= 4 is 17.5 Å². The van der Waals surface area contributed by atoms with Crippen molar-refractivity contribution in [3.63, 3.8) is 0 Å². The van der Waals surface area contributed by atoms with Crippen LogP contribution in [-0.4, -0.2) is 47.6 Å². The van der Waals surface area contributed by atoms with E-state index < -0.39 is 35.4 Å². The van der Waals surface area contributed by atoms with E-state index in [0.717, 1.165) is 19.3 Å². The van der Waals surface area contributed by atoms with E-state index in [1.807, 2.05) is 6.07 Å². The summed E-state index contributed by atoms with van der Waals surface area (Å²) in [6, 6.07) is 16.3. The van der Waals surface area contributed by atoms with Gasteiger partial charge in [-0.2, -0.15) is 0 Å². The standard InChI is InChI=1S/C32H35N5O6/c1-3-4-5-10-17-35(20-24-26(15-16-27(39)30(24)42)36-18-11-9-14-28(36)40)29(41)21-37-31(23-12-7-6-8-13-23)33-19-25(32(37)43)34-22(2)38/h6-9,11-16,18-19,39,42H,3-5,10,17,20-21H2,1-2H3,(H,34,38). The fraction of sp³-hybridized carbons (Fsp3) is 0.281. The number of hydrogen-bond donors (Lipinski definition) is 3. The molecule has 0 bridgehead atoms. The van der Waals surface area contributed by atoms with Gasteiger partial charge in [0.1, 0.15) is 18.1 Å². The Labute approximate surface area is 248 Å². The third-order valence-electron chi connectivity index (χ3n) is 6.99. The van der Waals surface area contributed by atoms with Crippen LogP contribution in [0.15, 0.2) is 82.6 Å². The molecule has 224 valence electrons. The molecule has 2 heterocycles. The highest BCUT2D eigenvalue weighted by Crippen LogP contribution is 2.34. The summed E-state index contributed by atoms with van der Waals surface area (Å²) in [6.07, 6.45) is 6.26. The fourth-order valence-corrected chi connectivity index (χ4v) is 4.80. The molecule has 0 aliphatic heterocycles. The Kier molecular flexibility index (Phi) is 10.1. The largest absolute Gasteiger partial charge is 0.504 e. The number of benzene rings is 2. The number of amides is 2. The molecule has 0 unspecified atom stereocenters. The van der Waals surface area contributed by atoms with E-state index in [0.29, 0.717) is 24.2 Å². The molecule has 43 heavy (non-hydrogen) atoms. The molecule has 0 saturated heterocycles. The molecule has 0 radical (unpaired) electrons. The van der Waals surface area contributed by atoms with Crippen molar-refractivity contribution in [3.8, 4) is 28.6 Å². The number of pyridine rings is 1. The molecular formula is C32H35N5O6. The molecule has 2 aromatic heterocycles. The molecule has 4 rings (SSSR count). The third-order valence-corrected chi connectivity index (χ3v) is 6.99. The van der Waals surface area contributed by atoms with Gasteiger partial charge in [-0.1, -0.05) is 62.6 Å². The summed E-state index contributed by atoms with van der Waals surface area (Å²) >= 11 is 0. The molecule has 0 spiro atoms. The van der Waals surface area contributed by atoms with Gasteiger partial charge < -0.3 is 20.4 Å². The predicted octanol–water partition coefficient (Wildman–Crippen LogP) is 4.04. The van der Waals surface area contributed by atoms with Crippen LogP contribution in [0.25, 0.3) is 17.1 Å². The van der Waals surface area contributed by atoms with Gasteiger partial charge in [0.25, 0.3) is 11.1 Å². The van der Waals surface area contributed by atoms with Crippen LogP contribution in [0, 0.1) is 0 Å². The van der Waals surface area contributed by atoms with Gasteiger partial charge in [0.05, 0.1) is 18.4 Å². The van der Waals surface area contributed by atoms with E-state index in [-0.39, 0.29) is 29.2 Å². The number of nitrogens with one attached hydrogen (secondary N) is 1. The number of carbonyl (C=O) groups excluding carboxylic acids is 2. The van der Waals surface area contributed by atoms with Crippen molar-refractivity contribution in [2.75, 3.05) is 11.9 Å². The van der Waals surface area contributed by atoms with E-state index in [2.05, 4.69) is 17.2 Å². The van der Waals surface area contributed by atoms with Gasteiger partial charge in [-0.05, 0) is 24.6 Å². The average Bonchev–Trinajstić information content (AvgIpc) is 2.99. The first-order chi connectivity index (χ1) is 20.7. The van der Waals surface area contributed by atoms with E-state index in [9.17, 15) is 29.4 Å². The van der Waals surface area contributed by atoms with Crippen molar-refractivity contribution in [1.29, 1.82) is 0 Å². The highest BCUT2D eigenvalue weighted by atomic mass is 16.3. The van der Waals surface area contributed by atoms with Crippen LogP contribution >= 0.6 is 0 Å². The highest BCUT2D eigenvalue weighted by Gasteiger charge is 2.23. The smallest absolute Gasteiger partial charge is 0.278 e. The molecule has 3 N–H and O–H groups in total. The van der Waals surface area contributed by atoms with Gasteiger partial charge in [-0.25, -0.2) is 4.98 Å². The molecule has 0 aliphatic carbocycles. The molecule has 0 atom stereocenters. The molecule has 11 heteroatoms. The summed E-state index contributed by atoms with van der Waals surface area (Å²) in [6.45, 7) is 3.10. The van der Waals surface area contributed by atoms with Gasteiger partial charge in [-0.3, -0.25) is 28.3 Å². The second-order valence-electron chi connectivity index (χ2n) is 10.1. The van der Waals surface area contributed by atoms with E-state index in [1.165, 1.54) is 51.6 Å². The number of hydrogen-bond acceptors (Lipinski definition) is 7. The quantitative estimate of drug-likeness (QED) is 0.168. The zero-order valence-corrected chi connectivity index (χ0v) is 24.2. The average molecular weight is 586 g/mol. The predicted molar refractivity (Wildman–Crippen MR) is 163 cm³/mol. The van der Waals surface area contributed by atoms with Crippen LogP contribution in [-0.2, 0) is 22.7 Å². The van der Waals surface area contributed by atoms with Crippen LogP contribution in [0.5, 0.6) is 11.5 Å². The minimum absolute atomic E-state index is 0.0640.